The summed E-state index contributed by atoms with van der Waals surface area (Å²) in [6.45, 7) is 0.633. The monoisotopic (exact) mass is 366 g/mol. The highest BCUT2D eigenvalue weighted by atomic mass is 79.9. The third-order valence-corrected chi connectivity index (χ3v) is 4.36. The molecule has 0 aliphatic heterocycles. The van der Waals surface area contributed by atoms with Gasteiger partial charge in [0.2, 0.25) is 0 Å². The Morgan fingerprint density at radius 3 is 2.76 bits per heavy atom. The van der Waals surface area contributed by atoms with Gasteiger partial charge in [0, 0.05) is 16.8 Å². The van der Waals surface area contributed by atoms with Crippen LogP contribution < -0.4 is 0 Å². The van der Waals surface area contributed by atoms with E-state index in [1.165, 1.54) is 12.1 Å². The van der Waals surface area contributed by atoms with Crippen molar-refractivity contribution in [3.63, 3.8) is 0 Å². The maximum atomic E-state index is 13.6. The van der Waals surface area contributed by atoms with E-state index < -0.39 is 0 Å². The van der Waals surface area contributed by atoms with Crippen molar-refractivity contribution in [1.29, 1.82) is 0 Å². The van der Waals surface area contributed by atoms with E-state index in [0.29, 0.717) is 18.8 Å². The summed E-state index contributed by atoms with van der Waals surface area (Å²) >= 11 is 9.41. The zero-order valence-corrected chi connectivity index (χ0v) is 13.5. The molecule has 0 fully saturated rings. The van der Waals surface area contributed by atoms with Crippen LogP contribution in [0.15, 0.2) is 46.9 Å². The van der Waals surface area contributed by atoms with Crippen LogP contribution >= 0.6 is 27.5 Å². The van der Waals surface area contributed by atoms with Crippen molar-refractivity contribution >= 4 is 38.6 Å². The minimum Gasteiger partial charge on any atom is -0.323 e. The zero-order chi connectivity index (χ0) is 14.8. The van der Waals surface area contributed by atoms with Gasteiger partial charge in [0.1, 0.15) is 11.6 Å². The minimum absolute atomic E-state index is 0.256. The highest BCUT2D eigenvalue weighted by Crippen LogP contribution is 2.23. The van der Waals surface area contributed by atoms with E-state index in [4.69, 9.17) is 11.6 Å². The van der Waals surface area contributed by atoms with Gasteiger partial charge in [0.25, 0.3) is 0 Å². The maximum absolute atomic E-state index is 13.6. The molecule has 5 heteroatoms. The van der Waals surface area contributed by atoms with Crippen LogP contribution in [0.2, 0.25) is 0 Å². The lowest BCUT2D eigenvalue weighted by atomic mass is 10.2. The number of hydrogen-bond donors (Lipinski definition) is 0. The summed E-state index contributed by atoms with van der Waals surface area (Å²) in [4.78, 5) is 4.57. The summed E-state index contributed by atoms with van der Waals surface area (Å²) in [6.07, 6.45) is 0.655. The lowest BCUT2D eigenvalue weighted by Crippen LogP contribution is -2.06. The van der Waals surface area contributed by atoms with Crippen molar-refractivity contribution in [2.45, 2.75) is 13.0 Å². The predicted octanol–water partition coefficient (Wildman–Crippen LogP) is 4.77. The molecule has 0 saturated heterocycles. The molecule has 0 aliphatic rings. The van der Waals surface area contributed by atoms with Crippen molar-refractivity contribution in [2.75, 3.05) is 5.88 Å². The highest BCUT2D eigenvalue weighted by molar-refractivity contribution is 9.10. The molecule has 21 heavy (non-hydrogen) atoms. The van der Waals surface area contributed by atoms with E-state index >= 15 is 0 Å². The Morgan fingerprint density at radius 2 is 2.00 bits per heavy atom. The second kappa shape index (κ2) is 6.16. The predicted molar refractivity (Wildman–Crippen MR) is 87.4 cm³/mol. The summed E-state index contributed by atoms with van der Waals surface area (Å²) in [5.74, 6) is 1.11. The van der Waals surface area contributed by atoms with E-state index in [0.717, 1.165) is 26.9 Å². The molecule has 0 spiro atoms. The van der Waals surface area contributed by atoms with E-state index in [9.17, 15) is 4.39 Å². The number of hydrogen-bond acceptors (Lipinski definition) is 1. The smallest absolute Gasteiger partial charge is 0.125 e. The quantitative estimate of drug-likeness (QED) is 0.608. The van der Waals surface area contributed by atoms with E-state index in [1.807, 2.05) is 28.8 Å². The molecule has 108 valence electrons. The zero-order valence-electron chi connectivity index (χ0n) is 11.2. The molecule has 0 N–H and O–H groups in total. The van der Waals surface area contributed by atoms with Gasteiger partial charge in [-0.1, -0.05) is 34.1 Å². The molecule has 0 bridgehead atoms. The first-order valence-corrected chi connectivity index (χ1v) is 7.96. The van der Waals surface area contributed by atoms with Gasteiger partial charge in [-0.25, -0.2) is 9.37 Å². The summed E-state index contributed by atoms with van der Waals surface area (Å²) < 4.78 is 16.6. The first-order valence-electron chi connectivity index (χ1n) is 6.63. The van der Waals surface area contributed by atoms with Crippen molar-refractivity contribution < 1.29 is 4.39 Å². The Labute approximate surface area is 135 Å². The first kappa shape index (κ1) is 14.5. The first-order chi connectivity index (χ1) is 10.2. The molecule has 2 aromatic carbocycles. The molecule has 0 atom stereocenters. The largest absolute Gasteiger partial charge is 0.323 e. The minimum atomic E-state index is -0.256. The third-order valence-electron chi connectivity index (χ3n) is 3.39. The standard InChI is InChI=1S/C16H13BrClFN2/c17-13-4-2-1-3-11(13)10-21-15-9-12(19)5-6-14(15)20-16(21)7-8-18/h1-6,9H,7-8,10H2. The Kier molecular flexibility index (Phi) is 4.27. The number of aryl methyl sites for hydroxylation is 1. The Balaban J connectivity index is 2.12. The lowest BCUT2D eigenvalue weighted by molar-refractivity contribution is 0.628. The maximum Gasteiger partial charge on any atom is 0.125 e. The summed E-state index contributed by atoms with van der Waals surface area (Å²) in [5, 5.41) is 0. The molecule has 0 unspecified atom stereocenters. The third kappa shape index (κ3) is 2.97. The molecule has 0 amide bonds. The van der Waals surface area contributed by atoms with E-state index in [1.54, 1.807) is 6.07 Å². The van der Waals surface area contributed by atoms with Gasteiger partial charge < -0.3 is 4.57 Å². The van der Waals surface area contributed by atoms with Gasteiger partial charge in [0.15, 0.2) is 0 Å². The molecular formula is C16H13BrClFN2. The number of fused-ring (bicyclic) bond motifs is 1. The van der Waals surface area contributed by atoms with Gasteiger partial charge >= 0.3 is 0 Å². The normalized spacial score (nSPS) is 11.2. The Morgan fingerprint density at radius 1 is 1.19 bits per heavy atom. The highest BCUT2D eigenvalue weighted by Gasteiger charge is 2.12. The van der Waals surface area contributed by atoms with Crippen molar-refractivity contribution in [2.24, 2.45) is 0 Å². The number of imidazole rings is 1. The van der Waals surface area contributed by atoms with Crippen LogP contribution in [0.1, 0.15) is 11.4 Å². The van der Waals surface area contributed by atoms with Crippen LogP contribution in [0.5, 0.6) is 0 Å². The molecule has 1 heterocycles. The van der Waals surface area contributed by atoms with E-state index in [2.05, 4.69) is 20.9 Å². The second-order valence-corrected chi connectivity index (χ2v) is 6.01. The van der Waals surface area contributed by atoms with Crippen molar-refractivity contribution in [3.05, 3.63) is 64.1 Å². The van der Waals surface area contributed by atoms with Crippen LogP contribution in [0.4, 0.5) is 4.39 Å². The van der Waals surface area contributed by atoms with Gasteiger partial charge in [-0.05, 0) is 29.8 Å². The average Bonchev–Trinajstić information content (AvgIpc) is 2.79. The van der Waals surface area contributed by atoms with Crippen LogP contribution in [0.3, 0.4) is 0 Å². The molecule has 2 nitrogen and oxygen atoms in total. The fourth-order valence-corrected chi connectivity index (χ4v) is 2.97. The molecule has 0 saturated carbocycles. The molecule has 0 aliphatic carbocycles. The van der Waals surface area contributed by atoms with Crippen LogP contribution in [0.25, 0.3) is 11.0 Å². The van der Waals surface area contributed by atoms with Crippen LogP contribution in [-0.2, 0) is 13.0 Å². The number of benzene rings is 2. The number of aromatic nitrogens is 2. The Hall–Kier alpha value is -1.39. The fraction of sp³-hybridized carbons (Fsp3) is 0.188. The number of alkyl halides is 1. The van der Waals surface area contributed by atoms with Gasteiger partial charge in [0.05, 0.1) is 17.6 Å². The molecule has 3 rings (SSSR count). The van der Waals surface area contributed by atoms with Crippen LogP contribution in [0, 0.1) is 5.82 Å². The number of halogens is 3. The van der Waals surface area contributed by atoms with Gasteiger partial charge in [-0.2, -0.15) is 0 Å². The van der Waals surface area contributed by atoms with E-state index in [-0.39, 0.29) is 5.82 Å². The molecule has 1 aromatic heterocycles. The Bertz CT molecular complexity index is 785. The summed E-state index contributed by atoms with van der Waals surface area (Å²) in [7, 11) is 0. The van der Waals surface area contributed by atoms with Crippen molar-refractivity contribution in [3.8, 4) is 0 Å². The van der Waals surface area contributed by atoms with Crippen LogP contribution in [-0.4, -0.2) is 15.4 Å². The van der Waals surface area contributed by atoms with Gasteiger partial charge in [-0.15, -0.1) is 11.6 Å². The lowest BCUT2D eigenvalue weighted by Gasteiger charge is -2.10. The second-order valence-electron chi connectivity index (χ2n) is 4.78. The summed E-state index contributed by atoms with van der Waals surface area (Å²) in [5.41, 5.74) is 2.71. The van der Waals surface area contributed by atoms with Gasteiger partial charge in [-0.3, -0.25) is 0 Å². The topological polar surface area (TPSA) is 17.8 Å². The molecular weight excluding hydrogens is 355 g/mol. The average molecular weight is 368 g/mol. The molecule has 3 aromatic rings. The fourth-order valence-electron chi connectivity index (χ4n) is 2.39. The molecule has 0 radical (unpaired) electrons. The number of nitrogens with zero attached hydrogens (tertiary/aromatic N) is 2. The summed E-state index contributed by atoms with van der Waals surface area (Å²) in [6, 6.07) is 12.7. The SMILES string of the molecule is Fc1ccc2nc(CCCl)n(Cc3ccccc3Br)c2c1. The number of rotatable bonds is 4. The van der Waals surface area contributed by atoms with Crippen molar-refractivity contribution in [1.82, 2.24) is 9.55 Å².